The molecule has 1 atom stereocenters. The second-order valence-electron chi connectivity index (χ2n) is 5.60. The summed E-state index contributed by atoms with van der Waals surface area (Å²) < 4.78 is 5.65. The summed E-state index contributed by atoms with van der Waals surface area (Å²) in [5.41, 5.74) is 3.91. The average molecular weight is 297 g/mol. The summed E-state index contributed by atoms with van der Waals surface area (Å²) in [5.74, 6) is 0.677. The number of ether oxygens (including phenoxy) is 1. The fourth-order valence-corrected chi connectivity index (χ4v) is 2.50. The first-order chi connectivity index (χ1) is 10.6. The molecule has 0 aliphatic carbocycles. The minimum Gasteiger partial charge on any atom is -0.490 e. The highest BCUT2D eigenvalue weighted by Crippen LogP contribution is 2.27. The number of aliphatic hydroxyl groups excluding tert-OH is 1. The van der Waals surface area contributed by atoms with Gasteiger partial charge >= 0.3 is 0 Å². The van der Waals surface area contributed by atoms with Crippen LogP contribution in [0.1, 0.15) is 29.2 Å². The molecule has 0 saturated carbocycles. The Kier molecular flexibility index (Phi) is 4.11. The zero-order valence-corrected chi connectivity index (χ0v) is 12.5. The summed E-state index contributed by atoms with van der Waals surface area (Å²) >= 11 is 0. The predicted octanol–water partition coefficient (Wildman–Crippen LogP) is 2.99. The summed E-state index contributed by atoms with van der Waals surface area (Å²) in [6, 6.07) is 13.4. The molecule has 4 nitrogen and oxygen atoms in total. The number of carbonyl (C=O) groups is 1. The van der Waals surface area contributed by atoms with Gasteiger partial charge in [0.25, 0.3) is 0 Å². The Balaban J connectivity index is 1.65. The summed E-state index contributed by atoms with van der Waals surface area (Å²) in [6.45, 7) is 2.18. The third-order valence-electron chi connectivity index (χ3n) is 3.85. The van der Waals surface area contributed by atoms with Gasteiger partial charge in [-0.25, -0.2) is 0 Å². The van der Waals surface area contributed by atoms with Gasteiger partial charge in [0.05, 0.1) is 0 Å². The smallest absolute Gasteiger partial charge is 0.224 e. The lowest BCUT2D eigenvalue weighted by atomic mass is 10.0. The Hall–Kier alpha value is -2.33. The van der Waals surface area contributed by atoms with E-state index in [4.69, 9.17) is 4.74 Å². The molecule has 2 N–H and O–H groups in total. The molecule has 3 rings (SSSR count). The Morgan fingerprint density at radius 3 is 2.73 bits per heavy atom. The predicted molar refractivity (Wildman–Crippen MR) is 85.0 cm³/mol. The van der Waals surface area contributed by atoms with Crippen LogP contribution in [-0.4, -0.2) is 17.6 Å². The van der Waals surface area contributed by atoms with Crippen molar-refractivity contribution < 1.29 is 14.6 Å². The van der Waals surface area contributed by atoms with Crippen LogP contribution >= 0.6 is 0 Å². The summed E-state index contributed by atoms with van der Waals surface area (Å²) in [5, 5.41) is 13.0. The number of rotatable bonds is 4. The lowest BCUT2D eigenvalue weighted by molar-refractivity contribution is -0.116. The Labute approximate surface area is 129 Å². The molecular formula is C18H19NO3. The molecule has 0 unspecified atom stereocenters. The molecule has 0 radical (unpaired) electrons. The van der Waals surface area contributed by atoms with Crippen LogP contribution in [-0.2, 0) is 11.2 Å². The molecule has 4 heteroatoms. The van der Waals surface area contributed by atoms with E-state index in [9.17, 15) is 9.90 Å². The van der Waals surface area contributed by atoms with E-state index in [-0.39, 0.29) is 12.5 Å². The lowest BCUT2D eigenvalue weighted by Gasteiger charge is -2.18. The van der Waals surface area contributed by atoms with Crippen molar-refractivity contribution in [2.75, 3.05) is 11.9 Å². The fraction of sp³-hybridized carbons (Fsp3) is 0.278. The van der Waals surface area contributed by atoms with Crippen LogP contribution in [0.15, 0.2) is 42.5 Å². The topological polar surface area (TPSA) is 58.6 Å². The van der Waals surface area contributed by atoms with E-state index < -0.39 is 6.10 Å². The maximum Gasteiger partial charge on any atom is 0.224 e. The number of anilines is 1. The van der Waals surface area contributed by atoms with Gasteiger partial charge in [0, 0.05) is 18.2 Å². The number of aliphatic hydroxyl groups is 1. The fourth-order valence-electron chi connectivity index (χ4n) is 2.50. The minimum atomic E-state index is -0.675. The van der Waals surface area contributed by atoms with Crippen LogP contribution in [0.4, 0.5) is 5.69 Å². The minimum absolute atomic E-state index is 0.0318. The third-order valence-corrected chi connectivity index (χ3v) is 3.85. The van der Waals surface area contributed by atoms with E-state index in [0.717, 1.165) is 28.8 Å². The Morgan fingerprint density at radius 2 is 1.95 bits per heavy atom. The molecule has 1 aliphatic heterocycles. The van der Waals surface area contributed by atoms with Gasteiger partial charge in [-0.3, -0.25) is 4.79 Å². The zero-order valence-electron chi connectivity index (χ0n) is 12.5. The summed E-state index contributed by atoms with van der Waals surface area (Å²) in [6.07, 6.45) is 0.610. The molecule has 0 aromatic heterocycles. The number of aryl methyl sites for hydroxylation is 2. The number of fused-ring (bicyclic) bond motifs is 1. The highest BCUT2D eigenvalue weighted by Gasteiger charge is 2.15. The lowest BCUT2D eigenvalue weighted by Crippen LogP contribution is -2.19. The summed E-state index contributed by atoms with van der Waals surface area (Å²) in [7, 11) is 0. The molecule has 1 heterocycles. The highest BCUT2D eigenvalue weighted by molar-refractivity contribution is 5.94. The van der Waals surface area contributed by atoms with Crippen molar-refractivity contribution in [3.8, 4) is 5.75 Å². The van der Waals surface area contributed by atoms with Gasteiger partial charge < -0.3 is 15.2 Å². The van der Waals surface area contributed by atoms with E-state index in [1.165, 1.54) is 0 Å². The van der Waals surface area contributed by atoms with Crippen molar-refractivity contribution >= 4 is 11.6 Å². The normalized spacial score (nSPS) is 14.9. The molecule has 2 aromatic rings. The molecule has 0 bridgehead atoms. The SMILES string of the molecule is Cc1ccc([C@H](O)COc2ccc3c(c2)NC(=O)CC3)cc1. The molecule has 1 amide bonds. The molecule has 22 heavy (non-hydrogen) atoms. The van der Waals surface area contributed by atoms with E-state index >= 15 is 0 Å². The number of hydrogen-bond donors (Lipinski definition) is 2. The number of amides is 1. The number of carbonyl (C=O) groups excluding carboxylic acids is 1. The van der Waals surface area contributed by atoms with Crippen LogP contribution in [0.3, 0.4) is 0 Å². The molecule has 114 valence electrons. The van der Waals surface area contributed by atoms with E-state index in [0.29, 0.717) is 12.2 Å². The Bertz CT molecular complexity index is 679. The maximum atomic E-state index is 11.4. The Morgan fingerprint density at radius 1 is 1.18 bits per heavy atom. The van der Waals surface area contributed by atoms with Crippen LogP contribution < -0.4 is 10.1 Å². The van der Waals surface area contributed by atoms with E-state index in [1.54, 1.807) is 0 Å². The molecule has 0 fully saturated rings. The van der Waals surface area contributed by atoms with E-state index in [2.05, 4.69) is 5.32 Å². The number of benzene rings is 2. The first-order valence-corrected chi connectivity index (χ1v) is 7.42. The van der Waals surface area contributed by atoms with Crippen molar-refractivity contribution in [1.29, 1.82) is 0 Å². The van der Waals surface area contributed by atoms with E-state index in [1.807, 2.05) is 49.4 Å². The van der Waals surface area contributed by atoms with Crippen LogP contribution in [0.2, 0.25) is 0 Å². The molecular weight excluding hydrogens is 278 g/mol. The van der Waals surface area contributed by atoms with Crippen molar-refractivity contribution in [2.45, 2.75) is 25.9 Å². The van der Waals surface area contributed by atoms with Crippen LogP contribution in [0.25, 0.3) is 0 Å². The van der Waals surface area contributed by atoms with Crippen LogP contribution in [0, 0.1) is 6.92 Å². The van der Waals surface area contributed by atoms with Crippen molar-refractivity contribution in [1.82, 2.24) is 0 Å². The van der Waals surface area contributed by atoms with Crippen molar-refractivity contribution in [3.05, 3.63) is 59.2 Å². The van der Waals surface area contributed by atoms with Crippen molar-refractivity contribution in [3.63, 3.8) is 0 Å². The monoisotopic (exact) mass is 297 g/mol. The van der Waals surface area contributed by atoms with Gasteiger partial charge in [-0.1, -0.05) is 35.9 Å². The largest absolute Gasteiger partial charge is 0.490 e. The molecule has 0 spiro atoms. The van der Waals surface area contributed by atoms with Gasteiger partial charge in [-0.2, -0.15) is 0 Å². The number of hydrogen-bond acceptors (Lipinski definition) is 3. The average Bonchev–Trinajstić information content (AvgIpc) is 2.53. The molecule has 0 saturated heterocycles. The van der Waals surface area contributed by atoms with Gasteiger partial charge in [0.2, 0.25) is 5.91 Å². The quantitative estimate of drug-likeness (QED) is 0.912. The first-order valence-electron chi connectivity index (χ1n) is 7.42. The second kappa shape index (κ2) is 6.20. The molecule has 2 aromatic carbocycles. The maximum absolute atomic E-state index is 11.4. The van der Waals surface area contributed by atoms with Gasteiger partial charge in [-0.15, -0.1) is 0 Å². The van der Waals surface area contributed by atoms with Gasteiger partial charge in [0.1, 0.15) is 18.5 Å². The molecule has 1 aliphatic rings. The van der Waals surface area contributed by atoms with Crippen LogP contribution in [0.5, 0.6) is 5.75 Å². The van der Waals surface area contributed by atoms with Gasteiger partial charge in [0.15, 0.2) is 0 Å². The van der Waals surface area contributed by atoms with Crippen molar-refractivity contribution in [2.24, 2.45) is 0 Å². The highest BCUT2D eigenvalue weighted by atomic mass is 16.5. The first kappa shape index (κ1) is 14.6. The second-order valence-corrected chi connectivity index (χ2v) is 5.60. The van der Waals surface area contributed by atoms with Gasteiger partial charge in [-0.05, 0) is 30.5 Å². The standard InChI is InChI=1S/C18H19NO3/c1-12-2-4-14(5-3-12)17(20)11-22-15-8-6-13-7-9-18(21)19-16(13)10-15/h2-6,8,10,17,20H,7,9,11H2,1H3,(H,19,21)/t17-/m1/s1. The third kappa shape index (κ3) is 3.28. The number of nitrogens with one attached hydrogen (secondary N) is 1. The summed E-state index contributed by atoms with van der Waals surface area (Å²) in [4.78, 5) is 11.4. The zero-order chi connectivity index (χ0) is 15.5.